The fourth-order valence-corrected chi connectivity index (χ4v) is 16.4. The van der Waals surface area contributed by atoms with E-state index in [-0.39, 0.29) is 94.4 Å². The van der Waals surface area contributed by atoms with Gasteiger partial charge in [0, 0.05) is 84.5 Å². The second-order valence-corrected chi connectivity index (χ2v) is 36.9. The minimum Gasteiger partial charge on any atom is -0.481 e. The first kappa shape index (κ1) is 119. The third-order valence-corrected chi connectivity index (χ3v) is 25.1. The predicted octanol–water partition coefficient (Wildman–Crippen LogP) is -4.37. The lowest BCUT2D eigenvalue weighted by Gasteiger charge is -2.30. The van der Waals surface area contributed by atoms with Crippen LogP contribution in [0.15, 0.2) is 60.9 Å². The van der Waals surface area contributed by atoms with Crippen LogP contribution in [0.2, 0.25) is 0 Å². The van der Waals surface area contributed by atoms with Gasteiger partial charge in [-0.25, -0.2) is 4.79 Å². The number of guanidine groups is 1. The molecule has 2 aromatic heterocycles. The lowest BCUT2D eigenvalue weighted by Crippen LogP contribution is -2.62. The lowest BCUT2D eigenvalue weighted by atomic mass is 9.96. The molecule has 48 nitrogen and oxygen atoms in total. The number of aromatic nitrogens is 2. The molecule has 1 aliphatic rings. The van der Waals surface area contributed by atoms with E-state index in [1.54, 1.807) is 82.5 Å². The number of unbranched alkanes of at least 4 members (excludes halogenated alkanes) is 1. The lowest BCUT2D eigenvalue weighted by molar-refractivity contribution is -0.142. The minimum absolute atomic E-state index is 0.0524. The first-order valence-electron chi connectivity index (χ1n) is 46.5. The largest absolute Gasteiger partial charge is 0.481 e. The second-order valence-electron chi connectivity index (χ2n) is 35.2. The highest BCUT2D eigenvalue weighted by Crippen LogP contribution is 2.25. The Morgan fingerprint density at radius 2 is 0.872 bits per heavy atom. The first-order chi connectivity index (χ1) is 66.7. The van der Waals surface area contributed by atoms with Crippen LogP contribution >= 0.6 is 37.0 Å². The number of likely N-dealkylation sites (tertiary alicyclic amines) is 1. The van der Waals surface area contributed by atoms with Gasteiger partial charge in [-0.1, -0.05) is 90.8 Å². The van der Waals surface area contributed by atoms with Gasteiger partial charge < -0.3 is 144 Å². The number of amides is 17. The van der Waals surface area contributed by atoms with Gasteiger partial charge in [0.05, 0.1) is 25.0 Å². The van der Waals surface area contributed by atoms with Gasteiger partial charge in [0.2, 0.25) is 100 Å². The van der Waals surface area contributed by atoms with Crippen molar-refractivity contribution in [2.24, 2.45) is 46.4 Å². The molecule has 1 fully saturated rings. The number of carboxylic acid groups (broad SMARTS) is 3. The van der Waals surface area contributed by atoms with E-state index in [2.05, 4.69) is 115 Å². The molecule has 19 atom stereocenters. The molecule has 17 amide bonds. The van der Waals surface area contributed by atoms with Crippen LogP contribution in [0, 0.1) is 23.2 Å². The second kappa shape index (κ2) is 59.6. The van der Waals surface area contributed by atoms with Crippen molar-refractivity contribution >= 4 is 183 Å². The molecule has 51 heteroatoms. The Kier molecular flexibility index (Phi) is 50.2. The van der Waals surface area contributed by atoms with E-state index < -0.39 is 290 Å². The summed E-state index contributed by atoms with van der Waals surface area (Å²) >= 11 is 9.47. The molecule has 0 spiro atoms. The summed E-state index contributed by atoms with van der Waals surface area (Å²) in [5.41, 5.74) is 30.4. The maximum Gasteiger partial charge on any atom is 0.327 e. The number of hydrogen-bond acceptors (Lipinski definition) is 27. The van der Waals surface area contributed by atoms with Crippen molar-refractivity contribution in [3.8, 4) is 0 Å². The summed E-state index contributed by atoms with van der Waals surface area (Å²) in [6.07, 6.45) is -1.26. The number of benzene rings is 2. The summed E-state index contributed by atoms with van der Waals surface area (Å²) in [5, 5.41) is 87.0. The normalized spacial score (nSPS) is 16.2. The number of hydrogen-bond donors (Lipinski definition) is 29. The number of carbonyl (C=O) groups is 20. The minimum atomic E-state index is -2.16. The molecule has 0 radical (unpaired) electrons. The fraction of sp³-hybridized carbons (Fsp3) is 0.589. The van der Waals surface area contributed by atoms with Crippen molar-refractivity contribution in [3.63, 3.8) is 0 Å². The SMILES string of the molecule is CC[C@H](C)[C@H](NC(=O)[C@H](CCSC)NC(=O)[C@H](CCC(N)=O)NC(=O)[C@H](CCCCN)NC(=O)[C@@H](NC(=O)[C@H](CCCNC(=N)N)NC(=O)[C@H](CS)NC(=O)[C@@H]1CCCN1C(=O)[C@@H](N)CC(C)C)[C@@H](C)CC)C(=O)N[C@@H](Cc1c[nH]c2ccccc12)C(=O)N[C@@H](CC(=O)O)C(=O)N[C@@H](Cc1c[nH]c2ccccc12)C(=O)N[C@@H](CCC(=O)O)C(=O)N[C@H](C(=O)N[C@@H](CC(N)=O)C(=O)N[C@@H](CS)C(=O)O)[C@@H](C)O. The number of para-hydroxylation sites is 2. The zero-order valence-corrected chi connectivity index (χ0v) is 82.7. The van der Waals surface area contributed by atoms with E-state index in [0.717, 1.165) is 6.92 Å². The Bertz CT molecular complexity index is 5020. The van der Waals surface area contributed by atoms with Gasteiger partial charge in [-0.05, 0) is 137 Å². The van der Waals surface area contributed by atoms with E-state index in [1.807, 2.05) is 13.8 Å². The van der Waals surface area contributed by atoms with Crippen LogP contribution in [0.5, 0.6) is 0 Å². The molecule has 4 aromatic rings. The summed E-state index contributed by atoms with van der Waals surface area (Å²) in [6, 6.07) is -12.6. The summed E-state index contributed by atoms with van der Waals surface area (Å²) in [5.74, 6) is -24.9. The number of aliphatic hydroxyl groups excluding tert-OH is 1. The average Bonchev–Trinajstić information content (AvgIpc) is 1.67. The Labute approximate surface area is 830 Å². The first-order valence-corrected chi connectivity index (χ1v) is 49.2. The molecular formula is C90H138N24O24S3. The molecule has 780 valence electrons. The van der Waals surface area contributed by atoms with Crippen LogP contribution < -0.4 is 108 Å². The number of aromatic amines is 2. The number of H-pyrrole nitrogens is 2. The highest BCUT2D eigenvalue weighted by Gasteiger charge is 2.43. The zero-order valence-electron chi connectivity index (χ0n) is 80.1. The number of nitrogens with zero attached hydrogens (tertiary/aromatic N) is 1. The van der Waals surface area contributed by atoms with Crippen LogP contribution in [0.25, 0.3) is 21.8 Å². The van der Waals surface area contributed by atoms with Crippen LogP contribution in [-0.4, -0.2) is 306 Å². The third kappa shape index (κ3) is 38.6. The molecule has 5 rings (SSSR count). The summed E-state index contributed by atoms with van der Waals surface area (Å²) in [4.78, 5) is 287. The van der Waals surface area contributed by atoms with Crippen LogP contribution in [0.3, 0.4) is 0 Å². The molecule has 141 heavy (non-hydrogen) atoms. The van der Waals surface area contributed by atoms with Gasteiger partial charge in [0.15, 0.2) is 5.96 Å². The zero-order chi connectivity index (χ0) is 105. The Hall–Kier alpha value is -12.9. The maximum atomic E-state index is 15.3. The molecule has 1 saturated heterocycles. The van der Waals surface area contributed by atoms with E-state index >= 15 is 19.2 Å². The van der Waals surface area contributed by atoms with E-state index in [9.17, 15) is 97.1 Å². The van der Waals surface area contributed by atoms with Gasteiger partial charge in [-0.3, -0.25) is 96.5 Å². The third-order valence-electron chi connectivity index (χ3n) is 23.7. The number of primary amides is 2. The predicted molar refractivity (Wildman–Crippen MR) is 526 cm³/mol. The Balaban J connectivity index is 1.46. The highest BCUT2D eigenvalue weighted by molar-refractivity contribution is 7.98. The standard InChI is InChI=1S/C90H138N24O24S3/c1-9-45(5)71(111-76(124)56(24-17-32-97-90(95)96)100-83(131)64(42-139)109-84(132)66-25-18-33-114(66)88(136)52(92)35-44(3)4)85(133)104-55(23-15-16-31-91)74(122)101-57(26-28-67(93)116)75(123)103-59(30-34-141-8)78(126)112-72(46(6)10-2)86(134)107-61(37-49-41-99-54-22-14-12-20-51(49)54)80(128)106-63(39-70(120)121)82(130)105-60(36-48-40-98-53-21-13-11-19-50(48)53)79(127)102-58(27-29-69(118)119)77(125)113-73(47(7)115)87(135)108-62(38-68(94)117)81(129)110-65(43-140)89(137)138/h11-14,19-22,40-41,44-47,52,55-66,71-73,98-99,115,139-140H,9-10,15-18,23-39,42-43,91-92H2,1-8H3,(H2,93,116)(H2,94,117)(H,100,131)(H,101,122)(H,102,127)(H,103,123)(H,104,133)(H,105,130)(H,106,128)(H,107,134)(H,108,135)(H,109,132)(H,110,129)(H,111,124)(H,112,126)(H,113,125)(H,118,119)(H,120,121)(H,137,138)(H4,95,96,97)/t45-,46-,47+,52-,55-,56-,57-,58-,59-,60-,61-,62-,63-,64-,65-,66-,71-,72-,73-/m0/s1. The fourth-order valence-electron chi connectivity index (χ4n) is 15.4. The highest BCUT2D eigenvalue weighted by atomic mass is 32.2. The van der Waals surface area contributed by atoms with Crippen molar-refractivity contribution in [1.82, 2.24) is 94.6 Å². The smallest absolute Gasteiger partial charge is 0.327 e. The quantitative estimate of drug-likeness (QED) is 0.00859. The number of nitrogens with one attached hydrogen (secondary N) is 18. The number of carbonyl (C=O) groups excluding carboxylic acids is 17. The van der Waals surface area contributed by atoms with Crippen molar-refractivity contribution in [1.29, 1.82) is 5.41 Å². The molecule has 3 heterocycles. The Morgan fingerprint density at radius 1 is 0.475 bits per heavy atom. The summed E-state index contributed by atoms with van der Waals surface area (Å²) < 4.78 is 0. The van der Waals surface area contributed by atoms with Gasteiger partial charge >= 0.3 is 17.9 Å². The molecular weight excluding hydrogens is 1900 g/mol. The molecule has 2 aromatic carbocycles. The van der Waals surface area contributed by atoms with Crippen LogP contribution in [0.4, 0.5) is 0 Å². The molecule has 32 N–H and O–H groups in total. The number of nitrogens with two attached hydrogens (primary N) is 5. The molecule has 0 aliphatic carbocycles. The number of rotatable bonds is 64. The maximum absolute atomic E-state index is 15.3. The number of aliphatic carboxylic acids is 3. The summed E-state index contributed by atoms with van der Waals surface area (Å²) in [7, 11) is 0. The molecule has 0 bridgehead atoms. The Morgan fingerprint density at radius 3 is 1.31 bits per heavy atom. The van der Waals surface area contributed by atoms with Gasteiger partial charge in [-0.2, -0.15) is 37.0 Å². The van der Waals surface area contributed by atoms with Gasteiger partial charge in [0.1, 0.15) is 90.6 Å². The number of thioether (sulfide) groups is 1. The van der Waals surface area contributed by atoms with E-state index in [1.165, 1.54) is 29.1 Å². The van der Waals surface area contributed by atoms with E-state index in [0.29, 0.717) is 52.2 Å². The van der Waals surface area contributed by atoms with Crippen molar-refractivity contribution in [3.05, 3.63) is 72.1 Å². The van der Waals surface area contributed by atoms with Gasteiger partial charge in [0.25, 0.3) is 0 Å². The molecule has 0 unspecified atom stereocenters. The van der Waals surface area contributed by atoms with Crippen LogP contribution in [-0.2, 0) is 109 Å². The number of thiol groups is 2. The van der Waals surface area contributed by atoms with Crippen molar-refractivity contribution in [2.45, 2.75) is 273 Å². The average molecular weight is 2040 g/mol. The van der Waals surface area contributed by atoms with E-state index in [4.69, 9.17) is 34.1 Å². The number of carboxylic acids is 3. The molecule has 1 aliphatic heterocycles. The van der Waals surface area contributed by atoms with Crippen LogP contribution in [0.1, 0.15) is 169 Å². The number of fused-ring (bicyclic) bond motifs is 2. The van der Waals surface area contributed by atoms with Crippen molar-refractivity contribution < 1.29 is 116 Å². The van der Waals surface area contributed by atoms with Crippen molar-refractivity contribution in [2.75, 3.05) is 43.1 Å². The summed E-state index contributed by atoms with van der Waals surface area (Å²) in [6.45, 7) is 11.8. The number of aliphatic hydroxyl groups is 1. The monoisotopic (exact) mass is 2030 g/mol. The topological polar surface area (TPSA) is 792 Å². The van der Waals surface area contributed by atoms with Gasteiger partial charge in [-0.15, -0.1) is 0 Å². The molecule has 0 saturated carbocycles.